The number of rotatable bonds is 2. The van der Waals surface area contributed by atoms with Crippen molar-refractivity contribution in [3.63, 3.8) is 0 Å². The fourth-order valence-electron chi connectivity index (χ4n) is 3.77. The molecule has 7 heteroatoms. The molecule has 0 bridgehead atoms. The zero-order valence-corrected chi connectivity index (χ0v) is 16.8. The van der Waals surface area contributed by atoms with Crippen molar-refractivity contribution in [1.82, 2.24) is 15.2 Å². The summed E-state index contributed by atoms with van der Waals surface area (Å²) in [6, 6.07) is 8.17. The Labute approximate surface area is 169 Å². The van der Waals surface area contributed by atoms with Crippen molar-refractivity contribution < 1.29 is 9.59 Å². The van der Waals surface area contributed by atoms with Gasteiger partial charge in [-0.3, -0.25) is 19.8 Å². The molecule has 2 saturated heterocycles. The van der Waals surface area contributed by atoms with Gasteiger partial charge in [-0.15, -0.1) is 0 Å². The molecule has 4 rings (SSSR count). The number of carbonyl (C=O) groups is 2. The Hall–Kier alpha value is -2.80. The van der Waals surface area contributed by atoms with Gasteiger partial charge in [0.2, 0.25) is 5.91 Å². The van der Waals surface area contributed by atoms with Gasteiger partial charge in [-0.05, 0) is 62.2 Å². The minimum Gasteiger partial charge on any atom is -0.356 e. The molecule has 0 atom stereocenters. The summed E-state index contributed by atoms with van der Waals surface area (Å²) in [6.45, 7) is 5.31. The predicted molar refractivity (Wildman–Crippen MR) is 114 cm³/mol. The average Bonchev–Trinajstić information content (AvgIpc) is 2.95. The van der Waals surface area contributed by atoms with Crippen LogP contribution in [-0.2, 0) is 9.59 Å². The van der Waals surface area contributed by atoms with Crippen molar-refractivity contribution in [3.8, 4) is 0 Å². The van der Waals surface area contributed by atoms with Crippen LogP contribution in [0.1, 0.15) is 37.3 Å². The van der Waals surface area contributed by atoms with Crippen LogP contribution in [0.4, 0.5) is 5.82 Å². The highest BCUT2D eigenvalue weighted by atomic mass is 32.1. The molecule has 0 aliphatic carbocycles. The molecule has 0 saturated carbocycles. The normalized spacial score (nSPS) is 18.9. The Kier molecular flexibility index (Phi) is 4.85. The van der Waals surface area contributed by atoms with Crippen molar-refractivity contribution in [3.05, 3.63) is 41.1 Å². The molecule has 0 radical (unpaired) electrons. The molecule has 2 aromatic rings. The number of aryl methyl sites for hydroxylation is 1. The van der Waals surface area contributed by atoms with E-state index in [1.54, 1.807) is 6.08 Å². The molecule has 6 nitrogen and oxygen atoms in total. The first-order valence-corrected chi connectivity index (χ1v) is 9.89. The van der Waals surface area contributed by atoms with Crippen LogP contribution in [-0.4, -0.2) is 39.9 Å². The number of piperidine rings is 1. The first-order valence-electron chi connectivity index (χ1n) is 9.48. The molecule has 1 aromatic carbocycles. The molecule has 2 aliphatic heterocycles. The minimum absolute atomic E-state index is 0.118. The maximum atomic E-state index is 12.4. The van der Waals surface area contributed by atoms with E-state index in [1.807, 2.05) is 25.1 Å². The van der Waals surface area contributed by atoms with Crippen molar-refractivity contribution in [2.45, 2.75) is 33.1 Å². The largest absolute Gasteiger partial charge is 0.356 e. The van der Waals surface area contributed by atoms with E-state index in [1.165, 1.54) is 18.2 Å². The number of nitrogens with one attached hydrogen (secondary N) is 1. The lowest BCUT2D eigenvalue weighted by Gasteiger charge is -2.29. The molecule has 2 aliphatic rings. The quantitative estimate of drug-likeness (QED) is 0.626. The third kappa shape index (κ3) is 3.38. The summed E-state index contributed by atoms with van der Waals surface area (Å²) in [4.78, 5) is 32.9. The number of benzene rings is 1. The van der Waals surface area contributed by atoms with Crippen LogP contribution < -0.4 is 10.2 Å². The predicted octanol–water partition coefficient (Wildman–Crippen LogP) is 3.14. The fourth-order valence-corrected chi connectivity index (χ4v) is 4.09. The number of pyridine rings is 1. The standard InChI is InChI=1S/C21H22N4O2S/c1-13-6-7-15-11-16(12-18-20(27)23-21(28)25(18)14(2)26)19(22-17(15)10-13)24-8-4-3-5-9-24/h6-7,10-12H,3-5,8-9H2,1-2H3,(H,23,27,28)/b18-12+. The molecular formula is C21H22N4O2S. The lowest BCUT2D eigenvalue weighted by Crippen LogP contribution is -2.31. The second-order valence-electron chi connectivity index (χ2n) is 7.29. The molecule has 1 aromatic heterocycles. The lowest BCUT2D eigenvalue weighted by atomic mass is 10.1. The maximum absolute atomic E-state index is 12.4. The van der Waals surface area contributed by atoms with E-state index < -0.39 is 0 Å². The van der Waals surface area contributed by atoms with Crippen LogP contribution in [0.15, 0.2) is 30.0 Å². The Morgan fingerprint density at radius 2 is 1.96 bits per heavy atom. The third-order valence-corrected chi connectivity index (χ3v) is 5.43. The van der Waals surface area contributed by atoms with Crippen molar-refractivity contribution >= 4 is 51.9 Å². The zero-order chi connectivity index (χ0) is 19.8. The van der Waals surface area contributed by atoms with Gasteiger partial charge >= 0.3 is 0 Å². The second-order valence-corrected chi connectivity index (χ2v) is 7.68. The lowest BCUT2D eigenvalue weighted by molar-refractivity contribution is -0.125. The van der Waals surface area contributed by atoms with Crippen LogP contribution in [0.2, 0.25) is 0 Å². The van der Waals surface area contributed by atoms with E-state index in [0.717, 1.165) is 53.8 Å². The Morgan fingerprint density at radius 1 is 1.21 bits per heavy atom. The van der Waals surface area contributed by atoms with Crippen LogP contribution >= 0.6 is 12.2 Å². The number of anilines is 1. The van der Waals surface area contributed by atoms with Gasteiger partial charge < -0.3 is 4.90 Å². The second kappa shape index (κ2) is 7.31. The number of thiocarbonyl (C=S) groups is 1. The van der Waals surface area contributed by atoms with E-state index in [-0.39, 0.29) is 22.6 Å². The van der Waals surface area contributed by atoms with E-state index in [9.17, 15) is 9.59 Å². The smallest absolute Gasteiger partial charge is 0.274 e. The molecule has 2 fully saturated rings. The van der Waals surface area contributed by atoms with Crippen LogP contribution in [0.3, 0.4) is 0 Å². The van der Waals surface area contributed by atoms with Crippen molar-refractivity contribution in [2.75, 3.05) is 18.0 Å². The van der Waals surface area contributed by atoms with E-state index in [0.29, 0.717) is 0 Å². The summed E-state index contributed by atoms with van der Waals surface area (Å²) in [5, 5.41) is 3.67. The maximum Gasteiger partial charge on any atom is 0.274 e. The average molecular weight is 395 g/mol. The summed E-state index contributed by atoms with van der Waals surface area (Å²) in [5.41, 5.74) is 3.14. The van der Waals surface area contributed by atoms with Gasteiger partial charge in [0.1, 0.15) is 11.5 Å². The molecule has 3 heterocycles. The fraction of sp³-hybridized carbons (Fsp3) is 0.333. The SMILES string of the molecule is CC(=O)N1C(=S)NC(=O)/C1=C\c1cc2ccc(C)cc2nc1N1CCCCC1. The van der Waals surface area contributed by atoms with Crippen LogP contribution in [0.25, 0.3) is 17.0 Å². The molecular weight excluding hydrogens is 372 g/mol. The van der Waals surface area contributed by atoms with Gasteiger partial charge in [0.05, 0.1) is 5.52 Å². The topological polar surface area (TPSA) is 65.5 Å². The Bertz CT molecular complexity index is 1020. The van der Waals surface area contributed by atoms with Crippen LogP contribution in [0.5, 0.6) is 0 Å². The summed E-state index contributed by atoms with van der Waals surface area (Å²) in [7, 11) is 0. The highest BCUT2D eigenvalue weighted by molar-refractivity contribution is 7.80. The number of fused-ring (bicyclic) bond motifs is 1. The van der Waals surface area contributed by atoms with Gasteiger partial charge in [-0.25, -0.2) is 4.98 Å². The summed E-state index contributed by atoms with van der Waals surface area (Å²) < 4.78 is 0. The van der Waals surface area contributed by atoms with Gasteiger partial charge in [-0.1, -0.05) is 12.1 Å². The molecule has 1 N–H and O–H groups in total. The highest BCUT2D eigenvalue weighted by Gasteiger charge is 2.33. The molecule has 28 heavy (non-hydrogen) atoms. The minimum atomic E-state index is -0.367. The number of nitrogens with zero attached hydrogens (tertiary/aromatic N) is 3. The monoisotopic (exact) mass is 394 g/mol. The summed E-state index contributed by atoms with van der Waals surface area (Å²) in [6.07, 6.45) is 5.18. The molecule has 0 spiro atoms. The molecule has 144 valence electrons. The number of hydrogen-bond donors (Lipinski definition) is 1. The zero-order valence-electron chi connectivity index (χ0n) is 16.0. The van der Waals surface area contributed by atoms with E-state index in [2.05, 4.69) is 16.3 Å². The first kappa shape index (κ1) is 18.6. The number of hydrogen-bond acceptors (Lipinski definition) is 5. The van der Waals surface area contributed by atoms with Gasteiger partial charge in [-0.2, -0.15) is 0 Å². The highest BCUT2D eigenvalue weighted by Crippen LogP contribution is 2.30. The number of carbonyl (C=O) groups excluding carboxylic acids is 2. The molecule has 0 unspecified atom stereocenters. The van der Waals surface area contributed by atoms with E-state index >= 15 is 0 Å². The van der Waals surface area contributed by atoms with Crippen molar-refractivity contribution in [1.29, 1.82) is 0 Å². The van der Waals surface area contributed by atoms with Gasteiger partial charge in [0, 0.05) is 31.0 Å². The van der Waals surface area contributed by atoms with Gasteiger partial charge in [0.25, 0.3) is 5.91 Å². The van der Waals surface area contributed by atoms with Crippen molar-refractivity contribution in [2.24, 2.45) is 0 Å². The first-order chi connectivity index (χ1) is 13.4. The number of aromatic nitrogens is 1. The third-order valence-electron chi connectivity index (χ3n) is 5.14. The summed E-state index contributed by atoms with van der Waals surface area (Å²) >= 11 is 5.14. The van der Waals surface area contributed by atoms with Gasteiger partial charge in [0.15, 0.2) is 5.11 Å². The number of amides is 2. The Balaban J connectivity index is 1.89. The van der Waals surface area contributed by atoms with Crippen LogP contribution in [0, 0.1) is 6.92 Å². The molecule has 2 amide bonds. The Morgan fingerprint density at radius 3 is 2.68 bits per heavy atom. The summed E-state index contributed by atoms with van der Waals surface area (Å²) in [5.74, 6) is 0.187. The van der Waals surface area contributed by atoms with E-state index in [4.69, 9.17) is 17.2 Å².